The minimum absolute atomic E-state index is 0.239. The van der Waals surface area contributed by atoms with Gasteiger partial charge >= 0.3 is 0 Å². The van der Waals surface area contributed by atoms with Crippen LogP contribution in [0.2, 0.25) is 0 Å². The fourth-order valence-electron chi connectivity index (χ4n) is 6.70. The number of anilines is 1. The fourth-order valence-corrected chi connectivity index (χ4v) is 6.70. The molecule has 0 bridgehead atoms. The molecule has 0 amide bonds. The Bertz CT molecular complexity index is 1950. The molecular formula is C34H26N4. The number of nitrogens with zero attached hydrogens (tertiary/aromatic N) is 4. The molecule has 6 aromatic rings. The highest BCUT2D eigenvalue weighted by atomic mass is 15.2. The smallest absolute Gasteiger partial charge is 0.0736 e. The summed E-state index contributed by atoms with van der Waals surface area (Å²) >= 11 is 0. The lowest BCUT2D eigenvalue weighted by atomic mass is 9.85. The summed E-state index contributed by atoms with van der Waals surface area (Å²) in [7, 11) is 4.46. The maximum absolute atomic E-state index is 4.62. The summed E-state index contributed by atoms with van der Waals surface area (Å²) in [5, 5.41) is 5.27. The molecule has 0 fully saturated rings. The minimum Gasteiger partial charge on any atom is -0.365 e. The number of hydrogen-bond donors (Lipinski definition) is 0. The number of benzene rings is 3. The molecule has 4 heteroatoms. The molecule has 182 valence electrons. The highest BCUT2D eigenvalue weighted by Crippen LogP contribution is 2.53. The minimum atomic E-state index is 0.239. The van der Waals surface area contributed by atoms with Gasteiger partial charge < -0.3 is 9.47 Å². The van der Waals surface area contributed by atoms with Gasteiger partial charge in [0.1, 0.15) is 0 Å². The van der Waals surface area contributed by atoms with Crippen LogP contribution in [0, 0.1) is 0 Å². The van der Waals surface area contributed by atoms with Crippen molar-refractivity contribution in [2.75, 3.05) is 11.9 Å². The number of aromatic nitrogens is 3. The molecular weight excluding hydrogens is 464 g/mol. The van der Waals surface area contributed by atoms with Gasteiger partial charge in [-0.3, -0.25) is 9.97 Å². The van der Waals surface area contributed by atoms with Gasteiger partial charge in [-0.05, 0) is 52.2 Å². The molecule has 4 nitrogen and oxygen atoms in total. The Labute approximate surface area is 221 Å². The Morgan fingerprint density at radius 3 is 2.24 bits per heavy atom. The zero-order valence-corrected chi connectivity index (χ0v) is 21.3. The van der Waals surface area contributed by atoms with Crippen molar-refractivity contribution in [2.45, 2.75) is 12.0 Å². The van der Waals surface area contributed by atoms with Crippen LogP contribution >= 0.6 is 0 Å². The van der Waals surface area contributed by atoms with Crippen LogP contribution in [0.1, 0.15) is 17.2 Å². The van der Waals surface area contributed by atoms with Crippen molar-refractivity contribution in [1.29, 1.82) is 0 Å². The molecule has 4 heterocycles. The summed E-state index contributed by atoms with van der Waals surface area (Å²) < 4.78 is 2.39. The maximum Gasteiger partial charge on any atom is 0.0736 e. The van der Waals surface area contributed by atoms with Gasteiger partial charge in [-0.2, -0.15) is 0 Å². The Morgan fingerprint density at radius 2 is 1.47 bits per heavy atom. The number of aryl methyl sites for hydroxylation is 1. The number of fused-ring (bicyclic) bond motifs is 10. The topological polar surface area (TPSA) is 34.0 Å². The second-order valence-electron chi connectivity index (χ2n) is 10.4. The van der Waals surface area contributed by atoms with Gasteiger partial charge in [-0.25, -0.2) is 0 Å². The zero-order valence-electron chi connectivity index (χ0n) is 21.3. The van der Waals surface area contributed by atoms with Gasteiger partial charge in [-0.15, -0.1) is 0 Å². The average Bonchev–Trinajstić information content (AvgIpc) is 3.44. The molecule has 1 aliphatic heterocycles. The number of allylic oxidation sites excluding steroid dienone is 2. The largest absolute Gasteiger partial charge is 0.365 e. The summed E-state index contributed by atoms with van der Waals surface area (Å²) in [5.41, 5.74) is 9.61. The highest BCUT2D eigenvalue weighted by Gasteiger charge is 2.39. The number of pyridine rings is 2. The van der Waals surface area contributed by atoms with Crippen molar-refractivity contribution >= 4 is 43.8 Å². The number of likely N-dealkylation sites (N-methyl/N-ethyl adjacent to an activating group) is 1. The van der Waals surface area contributed by atoms with Crippen LogP contribution in [-0.4, -0.2) is 27.6 Å². The zero-order chi connectivity index (χ0) is 25.4. The van der Waals surface area contributed by atoms with E-state index in [4.69, 9.17) is 0 Å². The summed E-state index contributed by atoms with van der Waals surface area (Å²) in [5.74, 6) is 0.291. The van der Waals surface area contributed by atoms with Gasteiger partial charge in [0.2, 0.25) is 0 Å². The lowest BCUT2D eigenvalue weighted by Crippen LogP contribution is -2.29. The molecule has 2 unspecified atom stereocenters. The van der Waals surface area contributed by atoms with E-state index in [2.05, 4.69) is 112 Å². The Morgan fingerprint density at radius 1 is 0.737 bits per heavy atom. The van der Waals surface area contributed by atoms with E-state index in [0.717, 1.165) is 17.0 Å². The summed E-state index contributed by atoms with van der Waals surface area (Å²) in [6, 6.07) is 28.2. The highest BCUT2D eigenvalue weighted by molar-refractivity contribution is 6.26. The third-order valence-corrected chi connectivity index (χ3v) is 8.42. The van der Waals surface area contributed by atoms with Crippen molar-refractivity contribution < 1.29 is 0 Å². The van der Waals surface area contributed by atoms with E-state index < -0.39 is 0 Å². The Balaban J connectivity index is 1.42. The molecule has 0 spiro atoms. The molecule has 38 heavy (non-hydrogen) atoms. The van der Waals surface area contributed by atoms with Gasteiger partial charge in [0.05, 0.1) is 28.6 Å². The van der Waals surface area contributed by atoms with E-state index in [1.807, 2.05) is 30.6 Å². The molecule has 0 saturated carbocycles. The van der Waals surface area contributed by atoms with Crippen molar-refractivity contribution in [1.82, 2.24) is 14.5 Å². The maximum atomic E-state index is 4.62. The SMILES string of the molecule is CN1c2c(c3ccccc3c3c4ccc(-c5ccccn5)cc4n(C)c23)C2C=CC(c3ccccn3)=CC21. The van der Waals surface area contributed by atoms with E-state index in [1.165, 1.54) is 49.4 Å². The first-order chi connectivity index (χ1) is 18.7. The van der Waals surface area contributed by atoms with E-state index in [9.17, 15) is 0 Å². The van der Waals surface area contributed by atoms with Crippen LogP contribution < -0.4 is 4.90 Å². The van der Waals surface area contributed by atoms with Crippen molar-refractivity contribution in [2.24, 2.45) is 7.05 Å². The third kappa shape index (κ3) is 2.86. The van der Waals surface area contributed by atoms with Crippen LogP contribution in [0.5, 0.6) is 0 Å². The molecule has 0 N–H and O–H groups in total. The normalized spacial score (nSPS) is 18.3. The molecule has 0 radical (unpaired) electrons. The van der Waals surface area contributed by atoms with Crippen LogP contribution in [-0.2, 0) is 7.05 Å². The molecule has 3 aromatic heterocycles. The predicted molar refractivity (Wildman–Crippen MR) is 157 cm³/mol. The van der Waals surface area contributed by atoms with E-state index in [-0.39, 0.29) is 6.04 Å². The summed E-state index contributed by atoms with van der Waals surface area (Å²) in [4.78, 5) is 11.7. The lowest BCUT2D eigenvalue weighted by molar-refractivity contribution is 0.727. The van der Waals surface area contributed by atoms with Gasteiger partial charge in [0.25, 0.3) is 0 Å². The molecule has 3 aromatic carbocycles. The fraction of sp³-hybridized carbons (Fsp3) is 0.118. The first kappa shape index (κ1) is 21.4. The van der Waals surface area contributed by atoms with E-state index in [1.54, 1.807) is 0 Å². The standard InChI is InChI=1S/C34H26N4/c1-37-29-19-21(27-11-5-7-17-35-27)13-15-25(29)31-23-9-3-4-10-24(23)32-26-16-14-22(28-12-6-8-18-36-28)20-30(26)38(2)34(32)33(31)37/h3-20,25,29H,1-2H3. The average molecular weight is 491 g/mol. The molecule has 2 atom stereocenters. The van der Waals surface area contributed by atoms with Crippen LogP contribution in [0.4, 0.5) is 5.69 Å². The Kier molecular flexibility index (Phi) is 4.45. The number of rotatable bonds is 2. The molecule has 2 aliphatic rings. The molecule has 1 aliphatic carbocycles. The Hall–Kier alpha value is -4.70. The van der Waals surface area contributed by atoms with Crippen LogP contribution in [0.3, 0.4) is 0 Å². The molecule has 8 rings (SSSR count). The summed E-state index contributed by atoms with van der Waals surface area (Å²) in [6.07, 6.45) is 10.8. The predicted octanol–water partition coefficient (Wildman–Crippen LogP) is 7.50. The second kappa shape index (κ2) is 7.90. The van der Waals surface area contributed by atoms with Crippen molar-refractivity contribution in [3.63, 3.8) is 0 Å². The van der Waals surface area contributed by atoms with Gasteiger partial charge in [0.15, 0.2) is 0 Å². The van der Waals surface area contributed by atoms with Crippen molar-refractivity contribution in [3.05, 3.63) is 121 Å². The molecule has 0 saturated heterocycles. The van der Waals surface area contributed by atoms with Crippen LogP contribution in [0.15, 0.2) is 109 Å². The van der Waals surface area contributed by atoms with Crippen molar-refractivity contribution in [3.8, 4) is 11.3 Å². The second-order valence-corrected chi connectivity index (χ2v) is 10.4. The van der Waals surface area contributed by atoms with E-state index in [0.29, 0.717) is 5.92 Å². The quantitative estimate of drug-likeness (QED) is 0.252. The first-order valence-electron chi connectivity index (χ1n) is 13.1. The van der Waals surface area contributed by atoms with Gasteiger partial charge in [0, 0.05) is 54.3 Å². The van der Waals surface area contributed by atoms with E-state index >= 15 is 0 Å². The monoisotopic (exact) mass is 490 g/mol. The number of hydrogen-bond acceptors (Lipinski definition) is 3. The van der Waals surface area contributed by atoms with Gasteiger partial charge in [-0.1, -0.05) is 66.8 Å². The first-order valence-corrected chi connectivity index (χ1v) is 13.1. The lowest BCUT2D eigenvalue weighted by Gasteiger charge is -2.26. The third-order valence-electron chi connectivity index (χ3n) is 8.42. The van der Waals surface area contributed by atoms with Crippen LogP contribution in [0.25, 0.3) is 49.4 Å². The summed E-state index contributed by atoms with van der Waals surface area (Å²) in [6.45, 7) is 0.